The number of hydrogen-bond acceptors (Lipinski definition) is 4. The number of halogens is 2. The van der Waals surface area contributed by atoms with Gasteiger partial charge in [-0.05, 0) is 49.7 Å². The summed E-state index contributed by atoms with van der Waals surface area (Å²) in [6.45, 7) is 3.61. The van der Waals surface area contributed by atoms with Gasteiger partial charge in [-0.1, -0.05) is 6.92 Å². The molecule has 2 aromatic carbocycles. The van der Waals surface area contributed by atoms with E-state index in [0.29, 0.717) is 6.42 Å². The number of carbonyl (C=O) groups is 1. The molecular weight excluding hydrogens is 388 g/mol. The summed E-state index contributed by atoms with van der Waals surface area (Å²) in [6.07, 6.45) is 0.638. The van der Waals surface area contributed by atoms with Crippen LogP contribution in [0.1, 0.15) is 30.6 Å². The highest BCUT2D eigenvalue weighted by Gasteiger charge is 2.18. The highest BCUT2D eigenvalue weighted by Crippen LogP contribution is 2.26. The molecular formula is C19H23F2N3O3S. The molecule has 0 radical (unpaired) electrons. The van der Waals surface area contributed by atoms with Crippen LogP contribution in [0.15, 0.2) is 41.3 Å². The Morgan fingerprint density at radius 1 is 1.11 bits per heavy atom. The zero-order valence-corrected chi connectivity index (χ0v) is 16.9. The predicted octanol–water partition coefficient (Wildman–Crippen LogP) is 3.36. The minimum atomic E-state index is -3.68. The number of carbonyl (C=O) groups excluding carboxylic acids is 1. The zero-order valence-electron chi connectivity index (χ0n) is 16.1. The van der Waals surface area contributed by atoms with E-state index in [1.165, 1.54) is 43.3 Å². The van der Waals surface area contributed by atoms with Crippen LogP contribution in [0.4, 0.5) is 20.2 Å². The maximum atomic E-state index is 14.0. The van der Waals surface area contributed by atoms with Crippen LogP contribution < -0.4 is 14.9 Å². The summed E-state index contributed by atoms with van der Waals surface area (Å²) in [4.78, 5) is 13.6. The van der Waals surface area contributed by atoms with Crippen molar-refractivity contribution in [3.8, 4) is 0 Å². The second-order valence-electron chi connectivity index (χ2n) is 6.59. The molecule has 0 fully saturated rings. The number of anilines is 2. The van der Waals surface area contributed by atoms with Crippen molar-refractivity contribution in [3.05, 3.63) is 53.6 Å². The van der Waals surface area contributed by atoms with Gasteiger partial charge in [0.2, 0.25) is 10.0 Å². The lowest BCUT2D eigenvalue weighted by Gasteiger charge is -2.16. The molecule has 2 rings (SSSR count). The fraction of sp³-hybridized carbons (Fsp3) is 0.316. The fourth-order valence-electron chi connectivity index (χ4n) is 2.47. The van der Waals surface area contributed by atoms with Gasteiger partial charge in [-0.15, -0.1) is 0 Å². The topological polar surface area (TPSA) is 78.5 Å². The molecule has 0 spiro atoms. The highest BCUT2D eigenvalue weighted by molar-refractivity contribution is 7.89. The summed E-state index contributed by atoms with van der Waals surface area (Å²) in [5.74, 6) is -2.23. The molecule has 28 heavy (non-hydrogen) atoms. The first-order chi connectivity index (χ1) is 13.0. The zero-order chi connectivity index (χ0) is 21.1. The molecule has 0 heterocycles. The number of nitrogens with zero attached hydrogens (tertiary/aromatic N) is 1. The van der Waals surface area contributed by atoms with Crippen LogP contribution in [0.2, 0.25) is 0 Å². The lowest BCUT2D eigenvalue weighted by molar-refractivity contribution is 0.102. The van der Waals surface area contributed by atoms with E-state index in [9.17, 15) is 22.0 Å². The average molecular weight is 411 g/mol. The van der Waals surface area contributed by atoms with Crippen LogP contribution in [-0.4, -0.2) is 34.5 Å². The summed E-state index contributed by atoms with van der Waals surface area (Å²) in [6, 6.07) is 7.09. The molecule has 152 valence electrons. The third-order valence-corrected chi connectivity index (χ3v) is 5.72. The van der Waals surface area contributed by atoms with Crippen molar-refractivity contribution in [1.29, 1.82) is 0 Å². The Morgan fingerprint density at radius 3 is 2.11 bits per heavy atom. The Kier molecular flexibility index (Phi) is 6.73. The van der Waals surface area contributed by atoms with Crippen molar-refractivity contribution < 1.29 is 22.0 Å². The summed E-state index contributed by atoms with van der Waals surface area (Å²) in [7, 11) is -0.672. The third-order valence-electron chi connectivity index (χ3n) is 4.12. The highest BCUT2D eigenvalue weighted by atomic mass is 32.2. The standard InChI is InChI=1S/C19H23F2N3O3S/c1-5-12(2)23-28(26,27)15-8-6-13(7-9-15)19(25)22-14-10-16(20)18(24(3)4)17(21)11-14/h6-12,23H,5H2,1-4H3,(H,22,25). The molecule has 9 heteroatoms. The Labute approximate surface area is 163 Å². The van der Waals surface area contributed by atoms with Gasteiger partial charge in [-0.3, -0.25) is 4.79 Å². The van der Waals surface area contributed by atoms with E-state index in [1.54, 1.807) is 6.92 Å². The fourth-order valence-corrected chi connectivity index (χ4v) is 3.80. The summed E-state index contributed by atoms with van der Waals surface area (Å²) >= 11 is 0. The Balaban J connectivity index is 2.18. The molecule has 0 aliphatic rings. The van der Waals surface area contributed by atoms with Crippen molar-refractivity contribution in [1.82, 2.24) is 4.72 Å². The molecule has 0 bridgehead atoms. The monoisotopic (exact) mass is 411 g/mol. The number of sulfonamides is 1. The van der Waals surface area contributed by atoms with Crippen molar-refractivity contribution >= 4 is 27.3 Å². The normalized spacial score (nSPS) is 12.5. The van der Waals surface area contributed by atoms with E-state index in [2.05, 4.69) is 10.0 Å². The van der Waals surface area contributed by atoms with Gasteiger partial charge in [-0.25, -0.2) is 21.9 Å². The Morgan fingerprint density at radius 2 is 1.64 bits per heavy atom. The van der Waals surface area contributed by atoms with E-state index in [0.717, 1.165) is 12.1 Å². The molecule has 0 saturated heterocycles. The number of amides is 1. The lowest BCUT2D eigenvalue weighted by Crippen LogP contribution is -2.32. The molecule has 1 unspecified atom stereocenters. The molecule has 0 aliphatic heterocycles. The molecule has 2 N–H and O–H groups in total. The van der Waals surface area contributed by atoms with E-state index in [-0.39, 0.29) is 27.9 Å². The average Bonchev–Trinajstić information content (AvgIpc) is 2.60. The van der Waals surface area contributed by atoms with Gasteiger partial charge < -0.3 is 10.2 Å². The Hall–Kier alpha value is -2.52. The van der Waals surface area contributed by atoms with E-state index >= 15 is 0 Å². The first-order valence-corrected chi connectivity index (χ1v) is 10.1. The minimum Gasteiger partial charge on any atom is -0.373 e. The smallest absolute Gasteiger partial charge is 0.255 e. The molecule has 0 aromatic heterocycles. The predicted molar refractivity (Wildman–Crippen MR) is 105 cm³/mol. The van der Waals surface area contributed by atoms with Crippen molar-refractivity contribution in [3.63, 3.8) is 0 Å². The van der Waals surface area contributed by atoms with Crippen LogP contribution in [0.25, 0.3) is 0 Å². The second-order valence-corrected chi connectivity index (χ2v) is 8.31. The van der Waals surface area contributed by atoms with Crippen molar-refractivity contribution in [2.45, 2.75) is 31.2 Å². The van der Waals surface area contributed by atoms with Crippen LogP contribution in [-0.2, 0) is 10.0 Å². The molecule has 6 nitrogen and oxygen atoms in total. The van der Waals surface area contributed by atoms with Gasteiger partial charge in [0.05, 0.1) is 4.90 Å². The van der Waals surface area contributed by atoms with Crippen LogP contribution >= 0.6 is 0 Å². The SMILES string of the molecule is CCC(C)NS(=O)(=O)c1ccc(C(=O)Nc2cc(F)c(N(C)C)c(F)c2)cc1. The second kappa shape index (κ2) is 8.66. The first-order valence-electron chi connectivity index (χ1n) is 8.65. The minimum absolute atomic E-state index is 0.0248. The van der Waals surface area contributed by atoms with E-state index in [4.69, 9.17) is 0 Å². The first kappa shape index (κ1) is 21.8. The summed E-state index contributed by atoms with van der Waals surface area (Å²) < 4.78 is 55.0. The number of nitrogens with one attached hydrogen (secondary N) is 2. The number of hydrogen-bond donors (Lipinski definition) is 2. The number of rotatable bonds is 7. The van der Waals surface area contributed by atoms with Gasteiger partial charge in [-0.2, -0.15) is 0 Å². The van der Waals surface area contributed by atoms with Gasteiger partial charge in [0, 0.05) is 31.4 Å². The molecule has 1 atom stereocenters. The van der Waals surface area contributed by atoms with Crippen molar-refractivity contribution in [2.24, 2.45) is 0 Å². The maximum absolute atomic E-state index is 14.0. The quantitative estimate of drug-likeness (QED) is 0.732. The largest absolute Gasteiger partial charge is 0.373 e. The Bertz CT molecular complexity index is 938. The van der Waals surface area contributed by atoms with E-state index < -0.39 is 27.6 Å². The van der Waals surface area contributed by atoms with Crippen LogP contribution in [0.3, 0.4) is 0 Å². The van der Waals surface area contributed by atoms with E-state index in [1.807, 2.05) is 6.92 Å². The van der Waals surface area contributed by atoms with Crippen LogP contribution in [0, 0.1) is 11.6 Å². The van der Waals surface area contributed by atoms with Gasteiger partial charge >= 0.3 is 0 Å². The van der Waals surface area contributed by atoms with Crippen LogP contribution in [0.5, 0.6) is 0 Å². The lowest BCUT2D eigenvalue weighted by atomic mass is 10.2. The molecule has 2 aromatic rings. The molecule has 1 amide bonds. The summed E-state index contributed by atoms with van der Waals surface area (Å²) in [5.41, 5.74) is -0.0953. The van der Waals surface area contributed by atoms with Crippen molar-refractivity contribution in [2.75, 3.05) is 24.3 Å². The summed E-state index contributed by atoms with van der Waals surface area (Å²) in [5, 5.41) is 2.40. The third kappa shape index (κ3) is 5.05. The molecule has 0 aliphatic carbocycles. The molecule has 0 saturated carbocycles. The maximum Gasteiger partial charge on any atom is 0.255 e. The van der Waals surface area contributed by atoms with Gasteiger partial charge in [0.15, 0.2) is 11.6 Å². The number of benzene rings is 2. The van der Waals surface area contributed by atoms with Gasteiger partial charge in [0.25, 0.3) is 5.91 Å². The van der Waals surface area contributed by atoms with Gasteiger partial charge in [0.1, 0.15) is 5.69 Å².